The fourth-order valence-corrected chi connectivity index (χ4v) is 4.03. The Bertz CT molecular complexity index is 1400. The zero-order chi connectivity index (χ0) is 26.6. The molecule has 0 aliphatic heterocycles. The largest absolute Gasteiger partial charge is 0.491 e. The standard InChI is InChI=1S/C29H24F3NO4/c1-2-15-37-28-24(17-33-26(28)20-9-7-18(8-10-20)16-25(34)35)27(36)23-6-4-3-5-22(23)19-11-13-21(14-12-19)29(30,31)32/h3-14,17,33H,2,15-16H2,1H3,(H,34,35). The maximum atomic E-state index is 13.7. The normalized spacial score (nSPS) is 11.4. The van der Waals surface area contributed by atoms with Crippen LogP contribution >= 0.6 is 0 Å². The number of rotatable bonds is 9. The summed E-state index contributed by atoms with van der Waals surface area (Å²) in [6.45, 7) is 2.30. The number of alkyl halides is 3. The molecule has 0 radical (unpaired) electrons. The maximum Gasteiger partial charge on any atom is 0.416 e. The highest BCUT2D eigenvalue weighted by Gasteiger charge is 2.30. The summed E-state index contributed by atoms with van der Waals surface area (Å²) in [7, 11) is 0. The van der Waals surface area contributed by atoms with E-state index < -0.39 is 17.7 Å². The number of hydrogen-bond acceptors (Lipinski definition) is 3. The Morgan fingerprint density at radius 3 is 2.16 bits per heavy atom. The molecule has 0 amide bonds. The van der Waals surface area contributed by atoms with Crippen molar-refractivity contribution >= 4 is 11.8 Å². The SMILES string of the molecule is CCCOc1c(C(=O)c2ccccc2-c2ccc(C(F)(F)F)cc2)c[nH]c1-c1ccc(CC(=O)O)cc1. The van der Waals surface area contributed by atoms with E-state index in [1.165, 1.54) is 12.1 Å². The van der Waals surface area contributed by atoms with Gasteiger partial charge in [0.25, 0.3) is 0 Å². The lowest BCUT2D eigenvalue weighted by Gasteiger charge is -2.13. The lowest BCUT2D eigenvalue weighted by atomic mass is 9.93. The minimum atomic E-state index is -4.45. The molecule has 0 fully saturated rings. The number of benzene rings is 3. The highest BCUT2D eigenvalue weighted by Crippen LogP contribution is 2.37. The summed E-state index contributed by atoms with van der Waals surface area (Å²) in [6, 6.07) is 18.4. The Labute approximate surface area is 211 Å². The molecule has 4 aromatic rings. The fraction of sp³-hybridized carbons (Fsp3) is 0.172. The van der Waals surface area contributed by atoms with E-state index in [0.29, 0.717) is 46.7 Å². The number of aromatic amines is 1. The maximum absolute atomic E-state index is 13.7. The van der Waals surface area contributed by atoms with Gasteiger partial charge in [-0.15, -0.1) is 0 Å². The van der Waals surface area contributed by atoms with Gasteiger partial charge in [0.1, 0.15) is 0 Å². The Morgan fingerprint density at radius 1 is 0.892 bits per heavy atom. The van der Waals surface area contributed by atoms with Crippen LogP contribution in [0.2, 0.25) is 0 Å². The fourth-order valence-electron chi connectivity index (χ4n) is 4.03. The monoisotopic (exact) mass is 507 g/mol. The van der Waals surface area contributed by atoms with Crippen molar-refractivity contribution in [3.05, 3.63) is 101 Å². The molecule has 3 aromatic carbocycles. The van der Waals surface area contributed by atoms with Crippen molar-refractivity contribution in [2.75, 3.05) is 6.61 Å². The Hall–Kier alpha value is -4.33. The molecule has 1 heterocycles. The molecule has 190 valence electrons. The number of carbonyl (C=O) groups is 2. The van der Waals surface area contributed by atoms with Crippen LogP contribution in [0.3, 0.4) is 0 Å². The van der Waals surface area contributed by atoms with Gasteiger partial charge in [-0.2, -0.15) is 13.2 Å². The van der Waals surface area contributed by atoms with Crippen LogP contribution in [0.4, 0.5) is 13.2 Å². The van der Waals surface area contributed by atoms with E-state index in [9.17, 15) is 22.8 Å². The molecule has 0 unspecified atom stereocenters. The summed E-state index contributed by atoms with van der Waals surface area (Å²) in [4.78, 5) is 27.8. The first-order chi connectivity index (χ1) is 17.7. The number of halogens is 3. The van der Waals surface area contributed by atoms with Gasteiger partial charge in [-0.05, 0) is 35.2 Å². The molecule has 0 aliphatic carbocycles. The van der Waals surface area contributed by atoms with E-state index in [2.05, 4.69) is 4.98 Å². The molecule has 2 N–H and O–H groups in total. The van der Waals surface area contributed by atoms with E-state index in [1.54, 1.807) is 54.7 Å². The third-order valence-electron chi connectivity index (χ3n) is 5.82. The molecular formula is C29H24F3NO4. The van der Waals surface area contributed by atoms with Crippen LogP contribution in [-0.4, -0.2) is 28.4 Å². The van der Waals surface area contributed by atoms with Gasteiger partial charge < -0.3 is 14.8 Å². The molecule has 0 saturated carbocycles. The number of aliphatic carboxylic acids is 1. The van der Waals surface area contributed by atoms with Crippen molar-refractivity contribution < 1.29 is 32.6 Å². The second-order valence-corrected chi connectivity index (χ2v) is 8.47. The van der Waals surface area contributed by atoms with Crippen LogP contribution in [0, 0.1) is 0 Å². The number of aromatic nitrogens is 1. The number of H-pyrrole nitrogens is 1. The zero-order valence-electron chi connectivity index (χ0n) is 19.9. The van der Waals surface area contributed by atoms with Crippen LogP contribution in [-0.2, 0) is 17.4 Å². The predicted octanol–water partition coefficient (Wildman–Crippen LogP) is 7.01. The molecule has 8 heteroatoms. The zero-order valence-corrected chi connectivity index (χ0v) is 19.9. The van der Waals surface area contributed by atoms with Gasteiger partial charge in [0.2, 0.25) is 0 Å². The van der Waals surface area contributed by atoms with Crippen LogP contribution in [0.1, 0.15) is 40.4 Å². The topological polar surface area (TPSA) is 79.4 Å². The Kier molecular flexibility index (Phi) is 7.47. The van der Waals surface area contributed by atoms with Crippen molar-refractivity contribution in [1.29, 1.82) is 0 Å². The molecule has 1 aromatic heterocycles. The van der Waals surface area contributed by atoms with Crippen LogP contribution in [0.15, 0.2) is 79.0 Å². The van der Waals surface area contributed by atoms with Crippen LogP contribution < -0.4 is 4.74 Å². The number of ether oxygens (including phenoxy) is 1. The van der Waals surface area contributed by atoms with Gasteiger partial charge in [0, 0.05) is 17.3 Å². The molecule has 4 rings (SSSR count). The van der Waals surface area contributed by atoms with Crippen molar-refractivity contribution in [3.8, 4) is 28.1 Å². The van der Waals surface area contributed by atoms with E-state index in [4.69, 9.17) is 9.84 Å². The minimum Gasteiger partial charge on any atom is -0.491 e. The second kappa shape index (κ2) is 10.7. The van der Waals surface area contributed by atoms with Crippen molar-refractivity contribution in [2.24, 2.45) is 0 Å². The van der Waals surface area contributed by atoms with E-state index in [-0.39, 0.29) is 17.8 Å². The summed E-state index contributed by atoms with van der Waals surface area (Å²) < 4.78 is 45.0. The molecule has 0 spiro atoms. The first kappa shape index (κ1) is 25.8. The first-order valence-electron chi connectivity index (χ1n) is 11.7. The summed E-state index contributed by atoms with van der Waals surface area (Å²) in [6.07, 6.45) is -2.29. The van der Waals surface area contributed by atoms with Crippen LogP contribution in [0.5, 0.6) is 5.75 Å². The van der Waals surface area contributed by atoms with Gasteiger partial charge in [-0.3, -0.25) is 9.59 Å². The summed E-state index contributed by atoms with van der Waals surface area (Å²) in [5, 5.41) is 9.01. The quantitative estimate of drug-likeness (QED) is 0.239. The highest BCUT2D eigenvalue weighted by atomic mass is 19.4. The van der Waals surface area contributed by atoms with Gasteiger partial charge in [0.15, 0.2) is 11.5 Å². The Balaban J connectivity index is 1.73. The van der Waals surface area contributed by atoms with Gasteiger partial charge in [-0.1, -0.05) is 67.6 Å². The third kappa shape index (κ3) is 5.74. The molecule has 37 heavy (non-hydrogen) atoms. The number of ketones is 1. The second-order valence-electron chi connectivity index (χ2n) is 8.47. The molecular weight excluding hydrogens is 483 g/mol. The molecule has 0 bridgehead atoms. The van der Waals surface area contributed by atoms with E-state index >= 15 is 0 Å². The lowest BCUT2D eigenvalue weighted by Crippen LogP contribution is -2.07. The van der Waals surface area contributed by atoms with Crippen molar-refractivity contribution in [1.82, 2.24) is 4.98 Å². The molecule has 0 aliphatic rings. The average molecular weight is 508 g/mol. The summed E-state index contributed by atoms with van der Waals surface area (Å²) in [5.41, 5.74) is 2.77. The first-order valence-corrected chi connectivity index (χ1v) is 11.7. The van der Waals surface area contributed by atoms with Crippen molar-refractivity contribution in [2.45, 2.75) is 25.9 Å². The van der Waals surface area contributed by atoms with E-state index in [1.807, 2.05) is 6.92 Å². The van der Waals surface area contributed by atoms with Gasteiger partial charge in [-0.25, -0.2) is 0 Å². The molecule has 0 atom stereocenters. The summed E-state index contributed by atoms with van der Waals surface area (Å²) in [5.74, 6) is -0.911. The number of carboxylic acid groups (broad SMARTS) is 1. The molecule has 5 nitrogen and oxygen atoms in total. The van der Waals surface area contributed by atoms with Gasteiger partial charge >= 0.3 is 12.1 Å². The van der Waals surface area contributed by atoms with Crippen LogP contribution in [0.25, 0.3) is 22.4 Å². The lowest BCUT2D eigenvalue weighted by molar-refractivity contribution is -0.138. The number of hydrogen-bond donors (Lipinski definition) is 2. The highest BCUT2D eigenvalue weighted by molar-refractivity contribution is 6.15. The minimum absolute atomic E-state index is 0.103. The smallest absolute Gasteiger partial charge is 0.416 e. The number of nitrogens with one attached hydrogen (secondary N) is 1. The Morgan fingerprint density at radius 2 is 1.54 bits per heavy atom. The third-order valence-corrected chi connectivity index (χ3v) is 5.82. The average Bonchev–Trinajstić information content (AvgIpc) is 3.30. The predicted molar refractivity (Wildman–Crippen MR) is 134 cm³/mol. The van der Waals surface area contributed by atoms with Crippen molar-refractivity contribution in [3.63, 3.8) is 0 Å². The van der Waals surface area contributed by atoms with E-state index in [0.717, 1.165) is 17.7 Å². The number of carboxylic acids is 1. The molecule has 0 saturated heterocycles. The number of carbonyl (C=O) groups excluding carboxylic acids is 1. The summed E-state index contributed by atoms with van der Waals surface area (Å²) >= 11 is 0. The van der Waals surface area contributed by atoms with Gasteiger partial charge in [0.05, 0.1) is 29.8 Å².